The van der Waals surface area contributed by atoms with E-state index < -0.39 is 5.97 Å². The fourth-order valence-electron chi connectivity index (χ4n) is 2.36. The van der Waals surface area contributed by atoms with Gasteiger partial charge in [-0.25, -0.2) is 4.79 Å². The van der Waals surface area contributed by atoms with Crippen molar-refractivity contribution < 1.29 is 14.3 Å². The maximum Gasteiger partial charge on any atom is 0.337 e. The monoisotopic (exact) mass is 284 g/mol. The molecule has 0 aliphatic heterocycles. The van der Waals surface area contributed by atoms with E-state index in [9.17, 15) is 4.79 Å². The highest BCUT2D eigenvalue weighted by atomic mass is 16.5. The molecule has 0 saturated heterocycles. The van der Waals surface area contributed by atoms with Gasteiger partial charge < -0.3 is 14.0 Å². The van der Waals surface area contributed by atoms with Crippen LogP contribution in [0.2, 0.25) is 0 Å². The molecule has 0 saturated carbocycles. The number of aromatic nitrogens is 1. The van der Waals surface area contributed by atoms with Crippen molar-refractivity contribution in [3.05, 3.63) is 46.8 Å². The minimum Gasteiger partial charge on any atom is -0.495 e. The molecule has 21 heavy (non-hydrogen) atoms. The number of methoxy groups -OCH3 is 2. The second-order valence-electron chi connectivity index (χ2n) is 4.61. The van der Waals surface area contributed by atoms with E-state index in [4.69, 9.17) is 14.7 Å². The average molecular weight is 284 g/mol. The molecule has 0 amide bonds. The highest BCUT2D eigenvalue weighted by molar-refractivity contribution is 5.90. The van der Waals surface area contributed by atoms with Crippen LogP contribution in [0, 0.1) is 25.2 Å². The van der Waals surface area contributed by atoms with Gasteiger partial charge in [0.15, 0.2) is 0 Å². The number of ether oxygens (including phenoxy) is 2. The van der Waals surface area contributed by atoms with Gasteiger partial charge >= 0.3 is 5.97 Å². The third-order valence-electron chi connectivity index (χ3n) is 3.39. The van der Waals surface area contributed by atoms with Crippen LogP contribution in [0.25, 0.3) is 5.69 Å². The average Bonchev–Trinajstić information content (AvgIpc) is 2.79. The van der Waals surface area contributed by atoms with Crippen LogP contribution < -0.4 is 4.74 Å². The third-order valence-corrected chi connectivity index (χ3v) is 3.39. The van der Waals surface area contributed by atoms with Crippen molar-refractivity contribution in [3.8, 4) is 17.5 Å². The van der Waals surface area contributed by atoms with Gasteiger partial charge in [0.1, 0.15) is 11.8 Å². The number of aryl methyl sites for hydroxylation is 1. The Morgan fingerprint density at radius 1 is 1.24 bits per heavy atom. The molecule has 0 unspecified atom stereocenters. The first-order valence-electron chi connectivity index (χ1n) is 6.39. The largest absolute Gasteiger partial charge is 0.495 e. The molecule has 0 aliphatic carbocycles. The first kappa shape index (κ1) is 14.7. The molecule has 0 radical (unpaired) electrons. The summed E-state index contributed by atoms with van der Waals surface area (Å²) in [6.07, 6.45) is 0. The van der Waals surface area contributed by atoms with Gasteiger partial charge in [0.2, 0.25) is 0 Å². The lowest BCUT2D eigenvalue weighted by Crippen LogP contribution is -2.06. The van der Waals surface area contributed by atoms with E-state index in [2.05, 4.69) is 6.07 Å². The molecule has 0 bridgehead atoms. The van der Waals surface area contributed by atoms with E-state index in [1.165, 1.54) is 7.11 Å². The topological polar surface area (TPSA) is 64.2 Å². The van der Waals surface area contributed by atoms with Crippen molar-refractivity contribution in [3.63, 3.8) is 0 Å². The smallest absolute Gasteiger partial charge is 0.337 e. The second kappa shape index (κ2) is 5.71. The zero-order chi connectivity index (χ0) is 15.6. The Morgan fingerprint density at radius 2 is 1.95 bits per heavy atom. The van der Waals surface area contributed by atoms with E-state index in [1.54, 1.807) is 31.4 Å². The van der Waals surface area contributed by atoms with Crippen LogP contribution in [-0.2, 0) is 4.74 Å². The summed E-state index contributed by atoms with van der Waals surface area (Å²) in [7, 11) is 2.90. The Hall–Kier alpha value is -2.74. The zero-order valence-corrected chi connectivity index (χ0v) is 12.4. The van der Waals surface area contributed by atoms with E-state index in [0.717, 1.165) is 11.4 Å². The van der Waals surface area contributed by atoms with E-state index in [-0.39, 0.29) is 0 Å². The molecule has 0 fully saturated rings. The molecular formula is C16H16N2O3. The quantitative estimate of drug-likeness (QED) is 0.813. The van der Waals surface area contributed by atoms with Gasteiger partial charge in [0.05, 0.1) is 31.0 Å². The summed E-state index contributed by atoms with van der Waals surface area (Å²) in [6, 6.07) is 9.03. The molecule has 0 atom stereocenters. The first-order valence-corrected chi connectivity index (χ1v) is 6.39. The van der Waals surface area contributed by atoms with Gasteiger partial charge in [-0.05, 0) is 38.1 Å². The Labute approximate surface area is 123 Å². The number of hydrogen-bond donors (Lipinski definition) is 0. The predicted octanol–water partition coefficient (Wildman–Crippen LogP) is 2.76. The number of carbonyl (C=O) groups is 1. The Bertz CT molecular complexity index is 739. The van der Waals surface area contributed by atoms with Crippen LogP contribution in [0.1, 0.15) is 27.3 Å². The molecule has 1 aromatic carbocycles. The molecule has 1 aromatic heterocycles. The summed E-state index contributed by atoms with van der Waals surface area (Å²) in [5.41, 5.74) is 3.42. The van der Waals surface area contributed by atoms with Crippen LogP contribution in [-0.4, -0.2) is 24.8 Å². The van der Waals surface area contributed by atoms with Gasteiger partial charge in [-0.2, -0.15) is 5.26 Å². The van der Waals surface area contributed by atoms with E-state index >= 15 is 0 Å². The summed E-state index contributed by atoms with van der Waals surface area (Å²) in [5.74, 6) is 0.204. The molecular weight excluding hydrogens is 268 g/mol. The third kappa shape index (κ3) is 2.48. The lowest BCUT2D eigenvalue weighted by molar-refractivity contribution is 0.0600. The SMILES string of the molecule is COC(=O)c1ccc(OC)c(-n2c(C)cc(C#N)c2C)c1. The molecule has 108 valence electrons. The molecule has 0 spiro atoms. The van der Waals surface area contributed by atoms with Crippen molar-refractivity contribution in [2.45, 2.75) is 13.8 Å². The van der Waals surface area contributed by atoms with Gasteiger partial charge in [-0.3, -0.25) is 0 Å². The maximum atomic E-state index is 11.7. The van der Waals surface area contributed by atoms with E-state index in [0.29, 0.717) is 22.6 Å². The number of hydrogen-bond acceptors (Lipinski definition) is 4. The van der Waals surface area contributed by atoms with Gasteiger partial charge in [-0.15, -0.1) is 0 Å². The normalized spacial score (nSPS) is 10.0. The predicted molar refractivity (Wildman–Crippen MR) is 77.8 cm³/mol. The molecule has 2 aromatic rings. The van der Waals surface area contributed by atoms with Gasteiger partial charge in [-0.1, -0.05) is 0 Å². The van der Waals surface area contributed by atoms with Crippen LogP contribution in [0.5, 0.6) is 5.75 Å². The lowest BCUT2D eigenvalue weighted by Gasteiger charge is -2.15. The fourth-order valence-corrected chi connectivity index (χ4v) is 2.36. The molecule has 0 N–H and O–H groups in total. The van der Waals surface area contributed by atoms with Gasteiger partial charge in [0.25, 0.3) is 0 Å². The van der Waals surface area contributed by atoms with Crippen molar-refractivity contribution in [1.82, 2.24) is 4.57 Å². The van der Waals surface area contributed by atoms with Crippen LogP contribution in [0.4, 0.5) is 0 Å². The van der Waals surface area contributed by atoms with Gasteiger partial charge in [0, 0.05) is 11.4 Å². The number of rotatable bonds is 3. The number of nitrogens with zero attached hydrogens (tertiary/aromatic N) is 2. The molecule has 5 nitrogen and oxygen atoms in total. The number of nitriles is 1. The highest BCUT2D eigenvalue weighted by Gasteiger charge is 2.16. The summed E-state index contributed by atoms with van der Waals surface area (Å²) < 4.78 is 12.0. The molecule has 2 rings (SSSR count). The Morgan fingerprint density at radius 3 is 2.48 bits per heavy atom. The summed E-state index contributed by atoms with van der Waals surface area (Å²) >= 11 is 0. The Kier molecular flexibility index (Phi) is 3.99. The van der Waals surface area contributed by atoms with Crippen molar-refractivity contribution in [1.29, 1.82) is 5.26 Å². The number of esters is 1. The number of benzene rings is 1. The summed E-state index contributed by atoms with van der Waals surface area (Å²) in [4.78, 5) is 11.7. The zero-order valence-electron chi connectivity index (χ0n) is 12.4. The van der Waals surface area contributed by atoms with Crippen molar-refractivity contribution in [2.75, 3.05) is 14.2 Å². The first-order chi connectivity index (χ1) is 10.0. The van der Waals surface area contributed by atoms with Crippen molar-refractivity contribution >= 4 is 5.97 Å². The lowest BCUT2D eigenvalue weighted by atomic mass is 10.1. The van der Waals surface area contributed by atoms with Crippen LogP contribution >= 0.6 is 0 Å². The summed E-state index contributed by atoms with van der Waals surface area (Å²) in [6.45, 7) is 3.76. The molecule has 5 heteroatoms. The van der Waals surface area contributed by atoms with Crippen LogP contribution in [0.3, 0.4) is 0 Å². The highest BCUT2D eigenvalue weighted by Crippen LogP contribution is 2.29. The second-order valence-corrected chi connectivity index (χ2v) is 4.61. The Balaban J connectivity index is 2.70. The summed E-state index contributed by atoms with van der Waals surface area (Å²) in [5, 5.41) is 9.14. The maximum absolute atomic E-state index is 11.7. The standard InChI is InChI=1S/C16H16N2O3/c1-10-7-13(9-17)11(2)18(10)14-8-12(16(19)21-4)5-6-15(14)20-3/h5-8H,1-4H3. The molecule has 0 aliphatic rings. The van der Waals surface area contributed by atoms with Crippen molar-refractivity contribution in [2.24, 2.45) is 0 Å². The minimum atomic E-state index is -0.415. The van der Waals surface area contributed by atoms with E-state index in [1.807, 2.05) is 18.4 Å². The van der Waals surface area contributed by atoms with Crippen LogP contribution in [0.15, 0.2) is 24.3 Å². The minimum absolute atomic E-state index is 0.415. The number of carbonyl (C=O) groups excluding carboxylic acids is 1. The fraction of sp³-hybridized carbons (Fsp3) is 0.250. The molecule has 1 heterocycles.